The second-order valence-electron chi connectivity index (χ2n) is 4.15. The summed E-state index contributed by atoms with van der Waals surface area (Å²) in [4.78, 5) is 11.8. The molecule has 0 atom stereocenters. The third-order valence-corrected chi connectivity index (χ3v) is 2.90. The Morgan fingerprint density at radius 2 is 1.88 bits per heavy atom. The number of hydrogen-bond acceptors (Lipinski definition) is 2. The van der Waals surface area contributed by atoms with Crippen LogP contribution in [0.15, 0.2) is 47.4 Å². The number of anilines is 1. The highest BCUT2D eigenvalue weighted by Crippen LogP contribution is 2.04. The van der Waals surface area contributed by atoms with Gasteiger partial charge >= 0.3 is 0 Å². The van der Waals surface area contributed by atoms with Gasteiger partial charge in [-0.05, 0) is 30.5 Å². The van der Waals surface area contributed by atoms with Crippen LogP contribution < -0.4 is 11.3 Å². The van der Waals surface area contributed by atoms with Crippen LogP contribution >= 0.6 is 0 Å². The average molecular weight is 228 g/mol. The van der Waals surface area contributed by atoms with Crippen LogP contribution in [0.5, 0.6) is 0 Å². The summed E-state index contributed by atoms with van der Waals surface area (Å²) in [6, 6.07) is 12.0. The first-order valence-electron chi connectivity index (χ1n) is 5.68. The summed E-state index contributed by atoms with van der Waals surface area (Å²) < 4.78 is 1.66. The fourth-order valence-corrected chi connectivity index (χ4v) is 1.75. The van der Waals surface area contributed by atoms with Crippen LogP contribution in [-0.4, -0.2) is 4.57 Å². The summed E-state index contributed by atoms with van der Waals surface area (Å²) in [5.41, 5.74) is 8.03. The maximum absolute atomic E-state index is 11.8. The molecular formula is C14H16N2O. The lowest BCUT2D eigenvalue weighted by molar-refractivity contribution is 0.670. The van der Waals surface area contributed by atoms with Crippen LogP contribution in [-0.2, 0) is 13.0 Å². The molecule has 2 N–H and O–H groups in total. The lowest BCUT2D eigenvalue weighted by Crippen LogP contribution is -2.24. The first-order valence-corrected chi connectivity index (χ1v) is 5.68. The van der Waals surface area contributed by atoms with Gasteiger partial charge in [0.1, 0.15) is 5.69 Å². The van der Waals surface area contributed by atoms with Gasteiger partial charge in [-0.3, -0.25) is 4.79 Å². The van der Waals surface area contributed by atoms with Crippen molar-refractivity contribution < 1.29 is 0 Å². The van der Waals surface area contributed by atoms with E-state index in [4.69, 9.17) is 5.73 Å². The minimum atomic E-state index is -0.0964. The highest BCUT2D eigenvalue weighted by atomic mass is 16.1. The minimum absolute atomic E-state index is 0.0964. The average Bonchev–Trinajstić information content (AvgIpc) is 2.36. The van der Waals surface area contributed by atoms with Crippen LogP contribution in [0, 0.1) is 6.92 Å². The van der Waals surface area contributed by atoms with Crippen molar-refractivity contribution in [1.82, 2.24) is 4.57 Å². The lowest BCUT2D eigenvalue weighted by Gasteiger charge is -2.08. The molecule has 3 heteroatoms. The summed E-state index contributed by atoms with van der Waals surface area (Å²) in [5, 5.41) is 0. The molecule has 1 aromatic carbocycles. The van der Waals surface area contributed by atoms with Crippen LogP contribution in [0.2, 0.25) is 0 Å². The minimum Gasteiger partial charge on any atom is -0.394 e. The number of hydrogen-bond donors (Lipinski definition) is 1. The van der Waals surface area contributed by atoms with E-state index in [0.29, 0.717) is 12.2 Å². The van der Waals surface area contributed by atoms with Gasteiger partial charge in [0.05, 0.1) is 0 Å². The molecule has 0 saturated carbocycles. The van der Waals surface area contributed by atoms with E-state index in [1.807, 2.05) is 31.2 Å². The number of nitrogens with two attached hydrogens (primary N) is 1. The van der Waals surface area contributed by atoms with Gasteiger partial charge in [-0.2, -0.15) is 0 Å². The molecule has 0 spiro atoms. The number of nitrogen functional groups attached to an aromatic ring is 1. The first kappa shape index (κ1) is 11.5. The molecule has 1 aromatic heterocycles. The quantitative estimate of drug-likeness (QED) is 0.873. The standard InChI is InChI=1S/C14H16N2O/c1-11-7-9-16(14(17)13(11)15)10-8-12-5-3-2-4-6-12/h2-7,9H,8,10,15H2,1H3. The van der Waals surface area contributed by atoms with Crippen LogP contribution in [0.1, 0.15) is 11.1 Å². The van der Waals surface area contributed by atoms with Crippen molar-refractivity contribution >= 4 is 5.69 Å². The van der Waals surface area contributed by atoms with Gasteiger partial charge in [0.25, 0.3) is 5.56 Å². The Balaban J connectivity index is 2.16. The van der Waals surface area contributed by atoms with Gasteiger partial charge in [0.2, 0.25) is 0 Å². The topological polar surface area (TPSA) is 48.0 Å². The number of benzene rings is 1. The highest BCUT2D eigenvalue weighted by molar-refractivity contribution is 5.43. The second kappa shape index (κ2) is 4.87. The fraction of sp³-hybridized carbons (Fsp3) is 0.214. The van der Waals surface area contributed by atoms with E-state index in [9.17, 15) is 4.79 Å². The van der Waals surface area contributed by atoms with Crippen LogP contribution in [0.25, 0.3) is 0 Å². The van der Waals surface area contributed by atoms with E-state index < -0.39 is 0 Å². The molecule has 0 radical (unpaired) electrons. The lowest BCUT2D eigenvalue weighted by atomic mass is 10.1. The molecule has 88 valence electrons. The predicted molar refractivity (Wildman–Crippen MR) is 70.0 cm³/mol. The van der Waals surface area contributed by atoms with Crippen LogP contribution in [0.3, 0.4) is 0 Å². The smallest absolute Gasteiger partial charge is 0.273 e. The van der Waals surface area contributed by atoms with E-state index in [0.717, 1.165) is 12.0 Å². The van der Waals surface area contributed by atoms with Crippen molar-refractivity contribution in [2.75, 3.05) is 5.73 Å². The number of aryl methyl sites for hydroxylation is 3. The Kier molecular flexibility index (Phi) is 3.28. The zero-order valence-electron chi connectivity index (χ0n) is 9.89. The molecule has 2 aromatic rings. The monoisotopic (exact) mass is 228 g/mol. The highest BCUT2D eigenvalue weighted by Gasteiger charge is 2.03. The van der Waals surface area contributed by atoms with Crippen LogP contribution in [0.4, 0.5) is 5.69 Å². The molecule has 0 amide bonds. The number of rotatable bonds is 3. The van der Waals surface area contributed by atoms with E-state index >= 15 is 0 Å². The van der Waals surface area contributed by atoms with Gasteiger partial charge in [-0.1, -0.05) is 30.3 Å². The second-order valence-corrected chi connectivity index (χ2v) is 4.15. The zero-order chi connectivity index (χ0) is 12.3. The van der Waals surface area contributed by atoms with Crippen molar-refractivity contribution in [2.45, 2.75) is 19.9 Å². The molecular weight excluding hydrogens is 212 g/mol. The molecule has 0 aliphatic heterocycles. The Labute approximate surface area is 101 Å². The van der Waals surface area contributed by atoms with E-state index in [2.05, 4.69) is 12.1 Å². The number of aromatic nitrogens is 1. The molecule has 3 nitrogen and oxygen atoms in total. The van der Waals surface area contributed by atoms with Crippen molar-refractivity contribution in [3.8, 4) is 0 Å². The predicted octanol–water partition coefficient (Wildman–Crippen LogP) is 1.98. The molecule has 0 aliphatic carbocycles. The van der Waals surface area contributed by atoms with Crippen molar-refractivity contribution in [1.29, 1.82) is 0 Å². The summed E-state index contributed by atoms with van der Waals surface area (Å²) >= 11 is 0. The maximum atomic E-state index is 11.8. The molecule has 0 aliphatic rings. The summed E-state index contributed by atoms with van der Waals surface area (Å²) in [5.74, 6) is 0. The van der Waals surface area contributed by atoms with Crippen molar-refractivity contribution in [2.24, 2.45) is 0 Å². The third-order valence-electron chi connectivity index (χ3n) is 2.90. The fourth-order valence-electron chi connectivity index (χ4n) is 1.75. The largest absolute Gasteiger partial charge is 0.394 e. The molecule has 2 rings (SSSR count). The zero-order valence-corrected chi connectivity index (χ0v) is 9.89. The molecule has 1 heterocycles. The Hall–Kier alpha value is -2.03. The molecule has 0 unspecified atom stereocenters. The van der Waals surface area contributed by atoms with Crippen molar-refractivity contribution in [3.63, 3.8) is 0 Å². The Bertz CT molecular complexity index is 558. The normalized spacial score (nSPS) is 10.4. The molecule has 0 saturated heterocycles. The molecule has 0 fully saturated rings. The third kappa shape index (κ3) is 2.56. The Morgan fingerprint density at radius 3 is 2.59 bits per heavy atom. The Morgan fingerprint density at radius 1 is 1.18 bits per heavy atom. The molecule has 0 bridgehead atoms. The summed E-state index contributed by atoms with van der Waals surface area (Å²) in [6.45, 7) is 2.51. The SMILES string of the molecule is Cc1ccn(CCc2ccccc2)c(=O)c1N. The van der Waals surface area contributed by atoms with Gasteiger partial charge in [0.15, 0.2) is 0 Å². The van der Waals surface area contributed by atoms with E-state index in [1.165, 1.54) is 5.56 Å². The van der Waals surface area contributed by atoms with E-state index in [1.54, 1.807) is 10.8 Å². The number of pyridine rings is 1. The van der Waals surface area contributed by atoms with Crippen molar-refractivity contribution in [3.05, 3.63) is 64.1 Å². The van der Waals surface area contributed by atoms with E-state index in [-0.39, 0.29) is 5.56 Å². The van der Waals surface area contributed by atoms with Gasteiger partial charge < -0.3 is 10.3 Å². The summed E-state index contributed by atoms with van der Waals surface area (Å²) in [6.07, 6.45) is 2.64. The summed E-state index contributed by atoms with van der Waals surface area (Å²) in [7, 11) is 0. The van der Waals surface area contributed by atoms with Gasteiger partial charge in [-0.25, -0.2) is 0 Å². The maximum Gasteiger partial charge on any atom is 0.273 e. The number of nitrogens with zero attached hydrogens (tertiary/aromatic N) is 1. The van der Waals surface area contributed by atoms with Gasteiger partial charge in [-0.15, -0.1) is 0 Å². The first-order chi connectivity index (χ1) is 8.18. The molecule has 17 heavy (non-hydrogen) atoms. The van der Waals surface area contributed by atoms with Gasteiger partial charge in [0, 0.05) is 12.7 Å².